The standard InChI is InChI=1S/C17H19N3O4/c1-3-19(12-14-8-5-4-6-9-14)17(21)13(2)24-15-10-7-11-18-16(15)20(22)23/h4-11,13H,3,12H2,1-2H3/t13-/m0/s1. The molecule has 126 valence electrons. The van der Waals surface area contributed by atoms with Gasteiger partial charge >= 0.3 is 5.82 Å². The van der Waals surface area contributed by atoms with Gasteiger partial charge in [0.25, 0.3) is 5.91 Å². The second-order valence-corrected chi connectivity index (χ2v) is 5.18. The molecule has 0 radical (unpaired) electrons. The van der Waals surface area contributed by atoms with Crippen molar-refractivity contribution in [3.63, 3.8) is 0 Å². The molecule has 1 heterocycles. The molecule has 0 aliphatic carbocycles. The molecule has 0 saturated carbocycles. The summed E-state index contributed by atoms with van der Waals surface area (Å²) in [5.74, 6) is -0.651. The number of hydrogen-bond donors (Lipinski definition) is 0. The van der Waals surface area contributed by atoms with E-state index < -0.39 is 16.8 Å². The Bertz CT molecular complexity index is 706. The van der Waals surface area contributed by atoms with Gasteiger partial charge in [0.15, 0.2) is 6.10 Å². The molecular formula is C17H19N3O4. The van der Waals surface area contributed by atoms with Gasteiger partial charge in [0.1, 0.15) is 6.20 Å². The minimum Gasteiger partial charge on any atom is -0.473 e. The number of benzene rings is 1. The van der Waals surface area contributed by atoms with Gasteiger partial charge in [-0.2, -0.15) is 0 Å². The highest BCUT2D eigenvalue weighted by Crippen LogP contribution is 2.24. The molecule has 24 heavy (non-hydrogen) atoms. The molecule has 2 rings (SSSR count). The van der Waals surface area contributed by atoms with Crippen molar-refractivity contribution < 1.29 is 14.5 Å². The van der Waals surface area contributed by atoms with Crippen LogP contribution in [0.3, 0.4) is 0 Å². The number of amides is 1. The van der Waals surface area contributed by atoms with E-state index in [9.17, 15) is 14.9 Å². The molecule has 1 amide bonds. The maximum Gasteiger partial charge on any atom is 0.406 e. The zero-order valence-electron chi connectivity index (χ0n) is 13.6. The molecule has 0 aliphatic rings. The molecule has 1 aromatic carbocycles. The Hall–Kier alpha value is -2.96. The van der Waals surface area contributed by atoms with Crippen LogP contribution in [-0.4, -0.2) is 33.4 Å². The van der Waals surface area contributed by atoms with E-state index in [1.807, 2.05) is 37.3 Å². The molecule has 0 aliphatic heterocycles. The molecular weight excluding hydrogens is 310 g/mol. The summed E-state index contributed by atoms with van der Waals surface area (Å²) in [5.41, 5.74) is 1.01. The first-order chi connectivity index (χ1) is 11.5. The third kappa shape index (κ3) is 4.28. The number of rotatable bonds is 7. The SMILES string of the molecule is CCN(Cc1ccccc1)C(=O)[C@H](C)Oc1cccnc1[N+](=O)[O-]. The Balaban J connectivity index is 2.09. The van der Waals surface area contributed by atoms with Gasteiger partial charge in [-0.1, -0.05) is 30.3 Å². The molecule has 0 fully saturated rings. The first-order valence-corrected chi connectivity index (χ1v) is 7.61. The smallest absolute Gasteiger partial charge is 0.406 e. The molecule has 1 aromatic heterocycles. The zero-order chi connectivity index (χ0) is 17.5. The number of hydrogen-bond acceptors (Lipinski definition) is 5. The van der Waals surface area contributed by atoms with Crippen molar-refractivity contribution in [3.05, 3.63) is 64.3 Å². The number of aromatic nitrogens is 1. The number of nitro groups is 1. The average Bonchev–Trinajstić information content (AvgIpc) is 2.60. The van der Waals surface area contributed by atoms with Crippen LogP contribution in [0.25, 0.3) is 0 Å². The Morgan fingerprint density at radius 1 is 1.29 bits per heavy atom. The summed E-state index contributed by atoms with van der Waals surface area (Å²) < 4.78 is 5.49. The lowest BCUT2D eigenvalue weighted by Crippen LogP contribution is -2.40. The van der Waals surface area contributed by atoms with Gasteiger partial charge in [-0.25, -0.2) is 0 Å². The van der Waals surface area contributed by atoms with E-state index in [2.05, 4.69) is 4.98 Å². The first-order valence-electron chi connectivity index (χ1n) is 7.61. The molecule has 7 nitrogen and oxygen atoms in total. The maximum atomic E-state index is 12.6. The Morgan fingerprint density at radius 2 is 2.00 bits per heavy atom. The molecule has 7 heteroatoms. The van der Waals surface area contributed by atoms with Crippen molar-refractivity contribution in [2.45, 2.75) is 26.5 Å². The van der Waals surface area contributed by atoms with E-state index in [1.165, 1.54) is 18.3 Å². The van der Waals surface area contributed by atoms with Crippen LogP contribution < -0.4 is 4.74 Å². The number of carbonyl (C=O) groups excluding carboxylic acids is 1. The topological polar surface area (TPSA) is 85.6 Å². The van der Waals surface area contributed by atoms with E-state index in [0.717, 1.165) is 5.56 Å². The summed E-state index contributed by atoms with van der Waals surface area (Å²) in [6.07, 6.45) is 0.460. The van der Waals surface area contributed by atoms with Crippen LogP contribution >= 0.6 is 0 Å². The number of ether oxygens (including phenoxy) is 1. The van der Waals surface area contributed by atoms with Crippen LogP contribution in [0.5, 0.6) is 5.75 Å². The fourth-order valence-corrected chi connectivity index (χ4v) is 2.26. The van der Waals surface area contributed by atoms with E-state index >= 15 is 0 Å². The predicted molar refractivity (Wildman–Crippen MR) is 88.5 cm³/mol. The third-order valence-electron chi connectivity index (χ3n) is 3.48. The molecule has 1 atom stereocenters. The van der Waals surface area contributed by atoms with Crippen molar-refractivity contribution in [2.24, 2.45) is 0 Å². The van der Waals surface area contributed by atoms with Gasteiger partial charge in [-0.15, -0.1) is 0 Å². The van der Waals surface area contributed by atoms with E-state index in [0.29, 0.717) is 13.1 Å². The lowest BCUT2D eigenvalue weighted by Gasteiger charge is -2.24. The van der Waals surface area contributed by atoms with Gasteiger partial charge in [-0.05, 0) is 41.5 Å². The highest BCUT2D eigenvalue weighted by molar-refractivity contribution is 5.81. The average molecular weight is 329 g/mol. The first kappa shape index (κ1) is 17.4. The van der Waals surface area contributed by atoms with E-state index in [1.54, 1.807) is 11.8 Å². The van der Waals surface area contributed by atoms with Crippen LogP contribution in [0.4, 0.5) is 5.82 Å². The lowest BCUT2D eigenvalue weighted by molar-refractivity contribution is -0.390. The minimum atomic E-state index is -0.850. The summed E-state index contributed by atoms with van der Waals surface area (Å²) in [4.78, 5) is 28.2. The van der Waals surface area contributed by atoms with Gasteiger partial charge in [0.05, 0.1) is 0 Å². The zero-order valence-corrected chi connectivity index (χ0v) is 13.6. The summed E-state index contributed by atoms with van der Waals surface area (Å²) in [7, 11) is 0. The van der Waals surface area contributed by atoms with Crippen LogP contribution in [0.15, 0.2) is 48.7 Å². The van der Waals surface area contributed by atoms with Gasteiger partial charge < -0.3 is 19.8 Å². The Morgan fingerprint density at radius 3 is 2.62 bits per heavy atom. The summed E-state index contributed by atoms with van der Waals surface area (Å²) in [6, 6.07) is 12.6. The molecule has 0 unspecified atom stereocenters. The number of likely N-dealkylation sites (N-methyl/N-ethyl adjacent to an activating group) is 1. The molecule has 0 N–H and O–H groups in total. The van der Waals surface area contributed by atoms with Gasteiger partial charge in [0, 0.05) is 13.1 Å². The summed E-state index contributed by atoms with van der Waals surface area (Å²) >= 11 is 0. The summed E-state index contributed by atoms with van der Waals surface area (Å²) in [6.45, 7) is 4.42. The number of pyridine rings is 1. The fraction of sp³-hybridized carbons (Fsp3) is 0.294. The Labute approximate surface area is 140 Å². The third-order valence-corrected chi connectivity index (χ3v) is 3.48. The molecule has 0 spiro atoms. The normalized spacial score (nSPS) is 11.6. The number of nitrogens with zero attached hydrogens (tertiary/aromatic N) is 3. The maximum absolute atomic E-state index is 12.6. The van der Waals surface area contributed by atoms with Gasteiger partial charge in [-0.3, -0.25) is 4.79 Å². The Kier molecular flexibility index (Phi) is 5.83. The second kappa shape index (κ2) is 8.05. The van der Waals surface area contributed by atoms with Crippen LogP contribution in [0.1, 0.15) is 19.4 Å². The highest BCUT2D eigenvalue weighted by Gasteiger charge is 2.25. The van der Waals surface area contributed by atoms with E-state index in [4.69, 9.17) is 4.74 Å². The van der Waals surface area contributed by atoms with Crippen molar-refractivity contribution in [2.75, 3.05) is 6.54 Å². The minimum absolute atomic E-state index is 0.0147. The monoisotopic (exact) mass is 329 g/mol. The predicted octanol–water partition coefficient (Wildman–Crippen LogP) is 2.81. The highest BCUT2D eigenvalue weighted by atomic mass is 16.6. The molecule has 2 aromatic rings. The quantitative estimate of drug-likeness (QED) is 0.576. The number of carbonyl (C=O) groups is 1. The van der Waals surface area contributed by atoms with Crippen molar-refractivity contribution in [3.8, 4) is 5.75 Å². The van der Waals surface area contributed by atoms with Crippen molar-refractivity contribution >= 4 is 11.7 Å². The van der Waals surface area contributed by atoms with Gasteiger partial charge in [0.2, 0.25) is 5.75 Å². The van der Waals surface area contributed by atoms with Crippen molar-refractivity contribution in [1.29, 1.82) is 0 Å². The molecule has 0 saturated heterocycles. The lowest BCUT2D eigenvalue weighted by atomic mass is 10.2. The van der Waals surface area contributed by atoms with Crippen LogP contribution in [0, 0.1) is 10.1 Å². The summed E-state index contributed by atoms with van der Waals surface area (Å²) in [5, 5.41) is 11.0. The second-order valence-electron chi connectivity index (χ2n) is 5.18. The largest absolute Gasteiger partial charge is 0.473 e. The van der Waals surface area contributed by atoms with E-state index in [-0.39, 0.29) is 11.7 Å². The fourth-order valence-electron chi connectivity index (χ4n) is 2.26. The van der Waals surface area contributed by atoms with Crippen molar-refractivity contribution in [1.82, 2.24) is 9.88 Å². The molecule has 0 bridgehead atoms. The van der Waals surface area contributed by atoms with Crippen LogP contribution in [-0.2, 0) is 11.3 Å². The van der Waals surface area contributed by atoms with Crippen LogP contribution in [0.2, 0.25) is 0 Å².